The molecule has 2 aliphatic heterocycles. The maximum absolute atomic E-state index is 13.7. The summed E-state index contributed by atoms with van der Waals surface area (Å²) in [5.74, 6) is -6.54. The molecule has 0 radical (unpaired) electrons. The Morgan fingerprint density at radius 1 is 0.981 bits per heavy atom. The van der Waals surface area contributed by atoms with E-state index in [1.165, 1.54) is 0 Å². The van der Waals surface area contributed by atoms with E-state index in [2.05, 4.69) is 18.2 Å². The maximum atomic E-state index is 13.7. The summed E-state index contributed by atoms with van der Waals surface area (Å²) in [6.45, 7) is 9.81. The van der Waals surface area contributed by atoms with Gasteiger partial charge in [-0.05, 0) is 102 Å². The molecule has 0 aliphatic carbocycles. The van der Waals surface area contributed by atoms with Gasteiger partial charge in [-0.25, -0.2) is 9.59 Å². The van der Waals surface area contributed by atoms with Crippen molar-refractivity contribution in [2.45, 2.75) is 159 Å². The number of allylic oxidation sites excluding steroid dienone is 5. The molecule has 302 valence electrons. The number of unbranched alkanes of at least 4 members (excludes halogenated alkanes) is 5. The fourth-order valence-electron chi connectivity index (χ4n) is 6.93. The standard InChI is InChI=1S/C43H64O11/c1-7-9-10-11-12-13-14-15-16-17-21-27-34(44)52-37-36(46)42(29-28-32(4)35(45)31(3)23-22-26-33-24-19-18-20-25-33)51-30-41(50,43(37,54-42)38(47)48)39(49)53-40(5,6)8-2/h7,9,14-15,18-20,22,24-26,31-32,35-37,45-46,50H,8,10-13,16-17,21,23,27-30H2,1-6H3,(H,47,48)/t31?,32-,35?,36+,37+,41+,42-,43-/m0/s1. The molecule has 0 saturated carbocycles. The fraction of sp³-hybridized carbons (Fsp3) is 0.651. The molecule has 2 heterocycles. The maximum Gasteiger partial charge on any atom is 0.345 e. The Balaban J connectivity index is 1.75. The van der Waals surface area contributed by atoms with Crippen LogP contribution in [0.15, 0.2) is 60.7 Å². The number of aliphatic hydroxyl groups excluding tert-OH is 2. The Morgan fingerprint density at radius 3 is 2.22 bits per heavy atom. The zero-order chi connectivity index (χ0) is 40.0. The van der Waals surface area contributed by atoms with E-state index in [1.807, 2.05) is 69.3 Å². The SMILES string of the molecule is CC=CCCCCC=CCCCCC(=O)O[C@@H]1[C@@H](O)[C@@]2(CC[C@H](C)C(O)C(C)CC=Cc3ccccc3)OC[C@@](O)(C(=O)OC(C)(C)CC)[C@]1(C(=O)O)O2. The lowest BCUT2D eigenvalue weighted by atomic mass is 9.78. The monoisotopic (exact) mass is 756 g/mol. The Kier molecular flexibility index (Phi) is 17.1. The van der Waals surface area contributed by atoms with Crippen LogP contribution in [0, 0.1) is 11.8 Å². The number of fused-ring (bicyclic) bond motifs is 2. The molecule has 1 aromatic carbocycles. The molecule has 11 heteroatoms. The molecule has 0 amide bonds. The average molecular weight is 757 g/mol. The molecule has 3 rings (SSSR count). The van der Waals surface area contributed by atoms with Gasteiger partial charge in [0.25, 0.3) is 0 Å². The Labute approximate surface area is 321 Å². The van der Waals surface area contributed by atoms with Gasteiger partial charge in [-0.1, -0.05) is 87.6 Å². The van der Waals surface area contributed by atoms with E-state index in [1.54, 1.807) is 20.8 Å². The van der Waals surface area contributed by atoms with E-state index in [0.29, 0.717) is 25.7 Å². The summed E-state index contributed by atoms with van der Waals surface area (Å²) in [5, 5.41) is 45.6. The number of aliphatic carboxylic acids is 1. The molecular weight excluding hydrogens is 692 g/mol. The molecule has 0 spiro atoms. The van der Waals surface area contributed by atoms with Crippen molar-refractivity contribution in [3.8, 4) is 0 Å². The van der Waals surface area contributed by atoms with Crippen LogP contribution in [0.1, 0.15) is 124 Å². The van der Waals surface area contributed by atoms with Crippen LogP contribution < -0.4 is 0 Å². The molecule has 2 saturated heterocycles. The third-order valence-corrected chi connectivity index (χ3v) is 10.9. The predicted molar refractivity (Wildman–Crippen MR) is 206 cm³/mol. The van der Waals surface area contributed by atoms with Gasteiger partial charge in [0.15, 0.2) is 11.9 Å². The topological polar surface area (TPSA) is 169 Å². The minimum Gasteiger partial charge on any atom is -0.479 e. The van der Waals surface area contributed by atoms with Crippen molar-refractivity contribution in [2.24, 2.45) is 11.8 Å². The summed E-state index contributed by atoms with van der Waals surface area (Å²) in [6.07, 6.45) is 14.7. The molecule has 4 N–H and O–H groups in total. The number of carboxylic acids is 1. The number of benzene rings is 1. The van der Waals surface area contributed by atoms with E-state index in [9.17, 15) is 34.8 Å². The first-order chi connectivity index (χ1) is 25.6. The Morgan fingerprint density at radius 2 is 1.61 bits per heavy atom. The van der Waals surface area contributed by atoms with E-state index in [-0.39, 0.29) is 31.1 Å². The van der Waals surface area contributed by atoms with Gasteiger partial charge in [-0.3, -0.25) is 4.79 Å². The second-order valence-corrected chi connectivity index (χ2v) is 15.6. The van der Waals surface area contributed by atoms with Crippen LogP contribution in [0.3, 0.4) is 0 Å². The lowest BCUT2D eigenvalue weighted by molar-refractivity contribution is -0.357. The molecule has 8 atom stereocenters. The lowest BCUT2D eigenvalue weighted by Gasteiger charge is -2.47. The first-order valence-electron chi connectivity index (χ1n) is 19.7. The summed E-state index contributed by atoms with van der Waals surface area (Å²) < 4.78 is 23.2. The average Bonchev–Trinajstić information content (AvgIpc) is 3.36. The smallest absolute Gasteiger partial charge is 0.345 e. The first kappa shape index (κ1) is 45.0. The second kappa shape index (κ2) is 20.5. The molecule has 2 unspecified atom stereocenters. The van der Waals surface area contributed by atoms with Gasteiger partial charge in [-0.15, -0.1) is 0 Å². The van der Waals surface area contributed by atoms with Gasteiger partial charge in [0.2, 0.25) is 11.2 Å². The quantitative estimate of drug-likeness (QED) is 0.0512. The summed E-state index contributed by atoms with van der Waals surface area (Å²) in [4.78, 5) is 40.2. The number of esters is 2. The normalized spacial score (nSPS) is 27.4. The van der Waals surface area contributed by atoms with Crippen LogP contribution in [0.25, 0.3) is 6.08 Å². The van der Waals surface area contributed by atoms with Crippen LogP contribution in [0.4, 0.5) is 0 Å². The van der Waals surface area contributed by atoms with Gasteiger partial charge in [0, 0.05) is 12.8 Å². The minimum atomic E-state index is -2.99. The van der Waals surface area contributed by atoms with Crippen molar-refractivity contribution in [3.63, 3.8) is 0 Å². The molecular formula is C43H64O11. The Bertz CT molecular complexity index is 1440. The highest BCUT2D eigenvalue weighted by atomic mass is 16.8. The van der Waals surface area contributed by atoms with E-state index in [0.717, 1.165) is 37.7 Å². The van der Waals surface area contributed by atoms with E-state index in [4.69, 9.17) is 18.9 Å². The number of carboxylic acid groups (broad SMARTS) is 1. The van der Waals surface area contributed by atoms with Crippen molar-refractivity contribution < 1.29 is 53.8 Å². The second-order valence-electron chi connectivity index (χ2n) is 15.6. The Hall–Kier alpha value is -3.35. The van der Waals surface area contributed by atoms with Crippen LogP contribution in [0.2, 0.25) is 0 Å². The number of hydrogen-bond donors (Lipinski definition) is 4. The van der Waals surface area contributed by atoms with Gasteiger partial charge in [0.1, 0.15) is 11.7 Å². The van der Waals surface area contributed by atoms with Crippen LogP contribution in [-0.4, -0.2) is 85.8 Å². The lowest BCUT2D eigenvalue weighted by Crippen LogP contribution is -2.74. The number of rotatable bonds is 23. The van der Waals surface area contributed by atoms with Crippen LogP contribution >= 0.6 is 0 Å². The third-order valence-electron chi connectivity index (χ3n) is 10.9. The highest BCUT2D eigenvalue weighted by molar-refractivity contribution is 5.94. The van der Waals surface area contributed by atoms with Crippen molar-refractivity contribution in [1.82, 2.24) is 0 Å². The molecule has 2 bridgehead atoms. The van der Waals surface area contributed by atoms with Crippen molar-refractivity contribution >= 4 is 24.0 Å². The third kappa shape index (κ3) is 11.1. The number of ether oxygens (including phenoxy) is 4. The largest absolute Gasteiger partial charge is 0.479 e. The van der Waals surface area contributed by atoms with E-state index >= 15 is 0 Å². The number of hydrogen-bond acceptors (Lipinski definition) is 10. The zero-order valence-corrected chi connectivity index (χ0v) is 33.1. The highest BCUT2D eigenvalue weighted by Crippen LogP contribution is 2.54. The molecule has 54 heavy (non-hydrogen) atoms. The van der Waals surface area contributed by atoms with Gasteiger partial charge < -0.3 is 39.4 Å². The molecule has 11 nitrogen and oxygen atoms in total. The number of aliphatic hydroxyl groups is 3. The van der Waals surface area contributed by atoms with Gasteiger partial charge >= 0.3 is 17.9 Å². The summed E-state index contributed by atoms with van der Waals surface area (Å²) >= 11 is 0. The highest BCUT2D eigenvalue weighted by Gasteiger charge is 2.82. The molecule has 2 aliphatic rings. The molecule has 0 aromatic heterocycles. The number of carbonyl (C=O) groups is 3. The summed E-state index contributed by atoms with van der Waals surface area (Å²) in [5.41, 5.74) is -5.99. The number of carbonyl (C=O) groups excluding carboxylic acids is 2. The van der Waals surface area contributed by atoms with E-state index < -0.39 is 65.4 Å². The minimum absolute atomic E-state index is 0.0878. The summed E-state index contributed by atoms with van der Waals surface area (Å²) in [7, 11) is 0. The predicted octanol–water partition coefficient (Wildman–Crippen LogP) is 7.07. The van der Waals surface area contributed by atoms with Crippen molar-refractivity contribution in [1.29, 1.82) is 0 Å². The van der Waals surface area contributed by atoms with Crippen LogP contribution in [-0.2, 0) is 33.3 Å². The van der Waals surface area contributed by atoms with Crippen LogP contribution in [0.5, 0.6) is 0 Å². The summed E-state index contributed by atoms with van der Waals surface area (Å²) in [6, 6.07) is 9.80. The molecule has 2 fully saturated rings. The molecule has 1 aromatic rings. The van der Waals surface area contributed by atoms with Gasteiger partial charge in [-0.2, -0.15) is 0 Å². The van der Waals surface area contributed by atoms with Gasteiger partial charge in [0.05, 0.1) is 12.7 Å². The first-order valence-corrected chi connectivity index (χ1v) is 19.7. The van der Waals surface area contributed by atoms with Crippen molar-refractivity contribution in [2.75, 3.05) is 6.61 Å². The van der Waals surface area contributed by atoms with Crippen molar-refractivity contribution in [3.05, 3.63) is 66.3 Å². The zero-order valence-electron chi connectivity index (χ0n) is 33.1. The fourth-order valence-corrected chi connectivity index (χ4v) is 6.93.